The molecule has 0 bridgehead atoms. The van der Waals surface area contributed by atoms with E-state index in [4.69, 9.17) is 0 Å². The van der Waals surface area contributed by atoms with Gasteiger partial charge in [-0.25, -0.2) is 0 Å². The standard InChI is InChI=1S/C15H24/c1-3-5-7-9-11-13-15-14-12-10-8-6-4-2/h3-5,7,14-15H,1-2,6,8-13H2. The monoisotopic (exact) mass is 204 g/mol. The predicted molar refractivity (Wildman–Crippen MR) is 71.0 cm³/mol. The van der Waals surface area contributed by atoms with Crippen LogP contribution in [-0.4, -0.2) is 0 Å². The molecule has 0 fully saturated rings. The minimum atomic E-state index is 1.15. The van der Waals surface area contributed by atoms with Crippen LogP contribution in [0.2, 0.25) is 0 Å². The number of unbranched alkanes of at least 4 members (excludes halogenated alkanes) is 5. The summed E-state index contributed by atoms with van der Waals surface area (Å²) in [4.78, 5) is 0. The molecule has 0 radical (unpaired) electrons. The smallest absolute Gasteiger partial charge is 0.0345 e. The summed E-state index contributed by atoms with van der Waals surface area (Å²) < 4.78 is 0. The lowest BCUT2D eigenvalue weighted by molar-refractivity contribution is 0.759. The minimum absolute atomic E-state index is 1.15. The average molecular weight is 204 g/mol. The van der Waals surface area contributed by atoms with E-state index in [1.165, 1.54) is 32.1 Å². The van der Waals surface area contributed by atoms with E-state index < -0.39 is 0 Å². The van der Waals surface area contributed by atoms with Gasteiger partial charge in [0.25, 0.3) is 0 Å². The van der Waals surface area contributed by atoms with E-state index in [9.17, 15) is 0 Å². The van der Waals surface area contributed by atoms with Gasteiger partial charge in [0.15, 0.2) is 0 Å². The fourth-order valence-electron chi connectivity index (χ4n) is 1.33. The van der Waals surface area contributed by atoms with Gasteiger partial charge in [-0.3, -0.25) is 0 Å². The largest absolute Gasteiger partial charge is 0.103 e. The van der Waals surface area contributed by atoms with Crippen LogP contribution in [0.4, 0.5) is 0 Å². The Morgan fingerprint density at radius 2 is 1.27 bits per heavy atom. The van der Waals surface area contributed by atoms with Gasteiger partial charge in [0.1, 0.15) is 0 Å². The van der Waals surface area contributed by atoms with Crippen molar-refractivity contribution in [2.45, 2.75) is 44.9 Å². The number of rotatable bonds is 10. The molecule has 0 aromatic rings. The van der Waals surface area contributed by atoms with Gasteiger partial charge >= 0.3 is 0 Å². The van der Waals surface area contributed by atoms with Crippen molar-refractivity contribution in [3.05, 3.63) is 49.6 Å². The van der Waals surface area contributed by atoms with Crippen molar-refractivity contribution in [3.63, 3.8) is 0 Å². The van der Waals surface area contributed by atoms with Crippen LogP contribution in [0, 0.1) is 0 Å². The summed E-state index contributed by atoms with van der Waals surface area (Å²) in [7, 11) is 0. The van der Waals surface area contributed by atoms with Crippen molar-refractivity contribution in [2.24, 2.45) is 0 Å². The summed E-state index contributed by atoms with van der Waals surface area (Å²) in [6.07, 6.45) is 21.2. The van der Waals surface area contributed by atoms with Crippen molar-refractivity contribution in [2.75, 3.05) is 0 Å². The molecule has 0 saturated carbocycles. The summed E-state index contributed by atoms with van der Waals surface area (Å²) in [6.45, 7) is 7.35. The fourth-order valence-corrected chi connectivity index (χ4v) is 1.33. The summed E-state index contributed by atoms with van der Waals surface area (Å²) in [6, 6.07) is 0. The van der Waals surface area contributed by atoms with Gasteiger partial charge < -0.3 is 0 Å². The maximum absolute atomic E-state index is 3.71. The van der Waals surface area contributed by atoms with Gasteiger partial charge in [-0.15, -0.1) is 6.58 Å². The summed E-state index contributed by atoms with van der Waals surface area (Å²) in [5, 5.41) is 0. The molecule has 0 rings (SSSR count). The maximum Gasteiger partial charge on any atom is -0.0345 e. The zero-order valence-electron chi connectivity index (χ0n) is 9.83. The molecule has 0 aliphatic carbocycles. The lowest BCUT2D eigenvalue weighted by atomic mass is 10.1. The van der Waals surface area contributed by atoms with Crippen LogP contribution in [0.5, 0.6) is 0 Å². The number of allylic oxidation sites excluding steroid dienone is 6. The van der Waals surface area contributed by atoms with Gasteiger partial charge in [0.2, 0.25) is 0 Å². The molecule has 0 atom stereocenters. The molecule has 0 saturated heterocycles. The third kappa shape index (κ3) is 13.0. The molecule has 0 unspecified atom stereocenters. The predicted octanol–water partition coefficient (Wildman–Crippen LogP) is 5.20. The molecule has 0 heteroatoms. The van der Waals surface area contributed by atoms with Gasteiger partial charge in [-0.2, -0.15) is 0 Å². The Morgan fingerprint density at radius 1 is 0.667 bits per heavy atom. The lowest BCUT2D eigenvalue weighted by Gasteiger charge is -1.93. The van der Waals surface area contributed by atoms with Crippen molar-refractivity contribution >= 4 is 0 Å². The topological polar surface area (TPSA) is 0 Å². The third-order valence-electron chi connectivity index (χ3n) is 2.21. The van der Waals surface area contributed by atoms with Gasteiger partial charge in [-0.1, -0.05) is 43.0 Å². The molecule has 84 valence electrons. The Kier molecular flexibility index (Phi) is 12.1. The number of hydrogen-bond donors (Lipinski definition) is 0. The van der Waals surface area contributed by atoms with E-state index >= 15 is 0 Å². The van der Waals surface area contributed by atoms with E-state index in [2.05, 4.69) is 31.4 Å². The zero-order chi connectivity index (χ0) is 11.2. The minimum Gasteiger partial charge on any atom is -0.103 e. The average Bonchev–Trinajstić information content (AvgIpc) is 2.26. The second-order valence-electron chi connectivity index (χ2n) is 3.64. The third-order valence-corrected chi connectivity index (χ3v) is 2.21. The van der Waals surface area contributed by atoms with E-state index in [1.54, 1.807) is 0 Å². The maximum atomic E-state index is 3.71. The fraction of sp³-hybridized carbons (Fsp3) is 0.467. The first-order chi connectivity index (χ1) is 7.41. The first-order valence-electron chi connectivity index (χ1n) is 5.95. The molecule has 0 aromatic carbocycles. The second kappa shape index (κ2) is 13.0. The highest BCUT2D eigenvalue weighted by atomic mass is 13.9. The van der Waals surface area contributed by atoms with Gasteiger partial charge in [-0.05, 0) is 44.9 Å². The molecule has 0 N–H and O–H groups in total. The van der Waals surface area contributed by atoms with Crippen molar-refractivity contribution < 1.29 is 0 Å². The van der Waals surface area contributed by atoms with E-state index in [-0.39, 0.29) is 0 Å². The Hall–Kier alpha value is -1.04. The lowest BCUT2D eigenvalue weighted by Crippen LogP contribution is -1.73. The highest BCUT2D eigenvalue weighted by molar-refractivity contribution is 4.97. The summed E-state index contributed by atoms with van der Waals surface area (Å²) >= 11 is 0. The van der Waals surface area contributed by atoms with Crippen LogP contribution in [0.15, 0.2) is 49.6 Å². The summed E-state index contributed by atoms with van der Waals surface area (Å²) in [5.41, 5.74) is 0. The van der Waals surface area contributed by atoms with E-state index in [0.717, 1.165) is 12.8 Å². The normalized spacial score (nSPS) is 11.2. The van der Waals surface area contributed by atoms with Crippen LogP contribution in [-0.2, 0) is 0 Å². The van der Waals surface area contributed by atoms with E-state index in [1.807, 2.05) is 18.2 Å². The highest BCUT2D eigenvalue weighted by Gasteiger charge is 1.83. The van der Waals surface area contributed by atoms with Gasteiger partial charge in [0, 0.05) is 0 Å². The Balaban J connectivity index is 3.13. The zero-order valence-corrected chi connectivity index (χ0v) is 9.83. The Labute approximate surface area is 95.1 Å². The first-order valence-corrected chi connectivity index (χ1v) is 5.95. The molecule has 0 aliphatic rings. The Bertz CT molecular complexity index is 196. The van der Waals surface area contributed by atoms with Crippen LogP contribution >= 0.6 is 0 Å². The molecular weight excluding hydrogens is 180 g/mol. The van der Waals surface area contributed by atoms with Crippen LogP contribution < -0.4 is 0 Å². The quantitative estimate of drug-likeness (QED) is 0.260. The highest BCUT2D eigenvalue weighted by Crippen LogP contribution is 2.03. The molecule has 0 nitrogen and oxygen atoms in total. The molecule has 0 aromatic heterocycles. The van der Waals surface area contributed by atoms with Crippen LogP contribution in [0.25, 0.3) is 0 Å². The van der Waals surface area contributed by atoms with Crippen LogP contribution in [0.1, 0.15) is 44.9 Å². The molecule has 0 spiro atoms. The summed E-state index contributed by atoms with van der Waals surface area (Å²) in [5.74, 6) is 0. The Morgan fingerprint density at radius 3 is 1.93 bits per heavy atom. The first kappa shape index (κ1) is 14.0. The van der Waals surface area contributed by atoms with Crippen LogP contribution in [0.3, 0.4) is 0 Å². The van der Waals surface area contributed by atoms with Crippen molar-refractivity contribution in [1.29, 1.82) is 0 Å². The number of hydrogen-bond acceptors (Lipinski definition) is 0. The van der Waals surface area contributed by atoms with Gasteiger partial charge in [0.05, 0.1) is 0 Å². The molecule has 0 heterocycles. The molecule has 0 amide bonds. The second-order valence-corrected chi connectivity index (χ2v) is 3.64. The molecule has 15 heavy (non-hydrogen) atoms. The molecular formula is C15H24. The SMILES string of the molecule is C=CC=CCCCC=CCCCCC=C. The molecule has 0 aliphatic heterocycles. The van der Waals surface area contributed by atoms with E-state index in [0.29, 0.717) is 0 Å². The van der Waals surface area contributed by atoms with Crippen molar-refractivity contribution in [1.82, 2.24) is 0 Å². The van der Waals surface area contributed by atoms with Crippen molar-refractivity contribution in [3.8, 4) is 0 Å².